The van der Waals surface area contributed by atoms with Gasteiger partial charge in [0.05, 0.1) is 19.6 Å². The van der Waals surface area contributed by atoms with Crippen LogP contribution in [0, 0.1) is 0 Å². The smallest absolute Gasteiger partial charge is 0.127 e. The summed E-state index contributed by atoms with van der Waals surface area (Å²) in [7, 11) is 3.31. The van der Waals surface area contributed by atoms with Crippen molar-refractivity contribution in [3.05, 3.63) is 59.2 Å². The van der Waals surface area contributed by atoms with E-state index in [1.54, 1.807) is 14.2 Å². The molecule has 2 aromatic carbocycles. The van der Waals surface area contributed by atoms with E-state index >= 15 is 0 Å². The lowest BCUT2D eigenvalue weighted by Gasteiger charge is -2.34. The zero-order chi connectivity index (χ0) is 14.1. The van der Waals surface area contributed by atoms with Crippen molar-refractivity contribution in [3.8, 4) is 11.5 Å². The van der Waals surface area contributed by atoms with E-state index in [1.807, 2.05) is 18.2 Å². The lowest BCUT2D eigenvalue weighted by atomic mass is 9.74. The van der Waals surface area contributed by atoms with Crippen molar-refractivity contribution in [1.82, 2.24) is 0 Å². The highest BCUT2D eigenvalue weighted by Gasteiger charge is 2.33. The maximum Gasteiger partial charge on any atom is 0.127 e. The molecular weight excluding hydrogens is 272 g/mol. The van der Waals surface area contributed by atoms with E-state index in [4.69, 9.17) is 21.1 Å². The maximum atomic E-state index is 6.69. The number of hydrogen-bond donors (Lipinski definition) is 0. The molecular formula is C17H17ClO2. The summed E-state index contributed by atoms with van der Waals surface area (Å²) in [6, 6.07) is 14.3. The van der Waals surface area contributed by atoms with Crippen molar-refractivity contribution in [2.45, 2.75) is 17.7 Å². The Morgan fingerprint density at radius 3 is 2.60 bits per heavy atom. The monoisotopic (exact) mass is 288 g/mol. The summed E-state index contributed by atoms with van der Waals surface area (Å²) < 4.78 is 10.7. The van der Waals surface area contributed by atoms with E-state index in [1.165, 1.54) is 11.1 Å². The number of alkyl halides is 1. The van der Waals surface area contributed by atoms with Gasteiger partial charge < -0.3 is 9.47 Å². The summed E-state index contributed by atoms with van der Waals surface area (Å²) in [5.74, 6) is 1.92. The van der Waals surface area contributed by atoms with Crippen LogP contribution in [0.2, 0.25) is 0 Å². The minimum atomic E-state index is -0.0780. The first kappa shape index (κ1) is 13.3. The van der Waals surface area contributed by atoms with Gasteiger partial charge in [-0.2, -0.15) is 0 Å². The number of hydrogen-bond acceptors (Lipinski definition) is 2. The van der Waals surface area contributed by atoms with Gasteiger partial charge in [0, 0.05) is 17.5 Å². The minimum absolute atomic E-state index is 0.0780. The van der Waals surface area contributed by atoms with Crippen LogP contribution in [0.25, 0.3) is 0 Å². The molecule has 1 aliphatic rings. The SMILES string of the molecule is COc1ccc(C(Cl)C2Cc3ccccc32)c(OC)c1. The van der Waals surface area contributed by atoms with Gasteiger partial charge in [0.1, 0.15) is 11.5 Å². The molecule has 0 saturated heterocycles. The molecule has 20 heavy (non-hydrogen) atoms. The van der Waals surface area contributed by atoms with Gasteiger partial charge in [-0.15, -0.1) is 11.6 Å². The van der Waals surface area contributed by atoms with Crippen molar-refractivity contribution < 1.29 is 9.47 Å². The maximum absolute atomic E-state index is 6.69. The largest absolute Gasteiger partial charge is 0.497 e. The lowest BCUT2D eigenvalue weighted by Crippen LogP contribution is -2.21. The molecule has 0 N–H and O–H groups in total. The highest BCUT2D eigenvalue weighted by Crippen LogP contribution is 2.49. The fourth-order valence-electron chi connectivity index (χ4n) is 2.82. The second kappa shape index (κ2) is 5.37. The molecule has 0 radical (unpaired) electrons. The third-order valence-electron chi connectivity index (χ3n) is 3.99. The summed E-state index contributed by atoms with van der Waals surface area (Å²) in [6.45, 7) is 0. The standard InChI is InChI=1S/C17H17ClO2/c1-19-12-7-8-14(16(10-12)20-2)17(18)15-9-11-5-3-4-6-13(11)15/h3-8,10,15,17H,9H2,1-2H3. The zero-order valence-corrected chi connectivity index (χ0v) is 12.4. The quantitative estimate of drug-likeness (QED) is 0.780. The third kappa shape index (κ3) is 2.14. The first-order valence-corrected chi connectivity index (χ1v) is 7.12. The van der Waals surface area contributed by atoms with E-state index in [0.29, 0.717) is 5.92 Å². The molecule has 2 aromatic rings. The van der Waals surface area contributed by atoms with Crippen LogP contribution in [0.1, 0.15) is 28.0 Å². The van der Waals surface area contributed by atoms with Crippen LogP contribution in [0.4, 0.5) is 0 Å². The van der Waals surface area contributed by atoms with Gasteiger partial charge in [-0.05, 0) is 23.6 Å². The topological polar surface area (TPSA) is 18.5 Å². The average molecular weight is 289 g/mol. The van der Waals surface area contributed by atoms with Crippen molar-refractivity contribution >= 4 is 11.6 Å². The second-order valence-electron chi connectivity index (χ2n) is 5.02. The second-order valence-corrected chi connectivity index (χ2v) is 5.49. The van der Waals surface area contributed by atoms with Crippen LogP contribution in [0.15, 0.2) is 42.5 Å². The van der Waals surface area contributed by atoms with Gasteiger partial charge >= 0.3 is 0 Å². The van der Waals surface area contributed by atoms with Crippen molar-refractivity contribution in [2.24, 2.45) is 0 Å². The van der Waals surface area contributed by atoms with Gasteiger partial charge in [0.15, 0.2) is 0 Å². The summed E-state index contributed by atoms with van der Waals surface area (Å²) in [4.78, 5) is 0. The van der Waals surface area contributed by atoms with Gasteiger partial charge in [-0.1, -0.05) is 30.3 Å². The van der Waals surface area contributed by atoms with E-state index in [9.17, 15) is 0 Å². The van der Waals surface area contributed by atoms with Crippen LogP contribution in [0.5, 0.6) is 11.5 Å². The molecule has 0 fully saturated rings. The fraction of sp³-hybridized carbons (Fsp3) is 0.294. The van der Waals surface area contributed by atoms with Crippen molar-refractivity contribution in [2.75, 3.05) is 14.2 Å². The number of ether oxygens (including phenoxy) is 2. The Hall–Kier alpha value is -1.67. The molecule has 3 heteroatoms. The normalized spacial score (nSPS) is 17.9. The van der Waals surface area contributed by atoms with E-state index < -0.39 is 0 Å². The molecule has 3 rings (SSSR count). The third-order valence-corrected chi connectivity index (χ3v) is 4.52. The molecule has 0 aromatic heterocycles. The minimum Gasteiger partial charge on any atom is -0.497 e. The van der Waals surface area contributed by atoms with Gasteiger partial charge in [0.25, 0.3) is 0 Å². The molecule has 0 spiro atoms. The molecule has 1 aliphatic carbocycles. The highest BCUT2D eigenvalue weighted by atomic mass is 35.5. The van der Waals surface area contributed by atoms with Crippen molar-refractivity contribution in [3.63, 3.8) is 0 Å². The molecule has 0 heterocycles. The number of fused-ring (bicyclic) bond motifs is 1. The highest BCUT2D eigenvalue weighted by molar-refractivity contribution is 6.21. The molecule has 0 bridgehead atoms. The predicted octanol–water partition coefficient (Wildman–Crippen LogP) is 4.32. The molecule has 0 saturated carbocycles. The van der Waals surface area contributed by atoms with Crippen LogP contribution < -0.4 is 9.47 Å². The van der Waals surface area contributed by atoms with Crippen molar-refractivity contribution in [1.29, 1.82) is 0 Å². The molecule has 0 aliphatic heterocycles. The van der Waals surface area contributed by atoms with Gasteiger partial charge in [0.2, 0.25) is 0 Å². The average Bonchev–Trinajstić information content (AvgIpc) is 2.47. The number of halogens is 1. The molecule has 2 unspecified atom stereocenters. The Morgan fingerprint density at radius 1 is 1.10 bits per heavy atom. The predicted molar refractivity (Wildman–Crippen MR) is 81.0 cm³/mol. The Bertz CT molecular complexity index is 624. The molecule has 2 atom stereocenters. The first-order valence-electron chi connectivity index (χ1n) is 6.68. The van der Waals surface area contributed by atoms with E-state index in [2.05, 4.69) is 24.3 Å². The fourth-order valence-corrected chi connectivity index (χ4v) is 3.23. The Kier molecular flexibility index (Phi) is 3.58. The van der Waals surface area contributed by atoms with Crippen LogP contribution >= 0.6 is 11.6 Å². The van der Waals surface area contributed by atoms with Crippen LogP contribution in [-0.2, 0) is 6.42 Å². The Morgan fingerprint density at radius 2 is 1.90 bits per heavy atom. The summed E-state index contributed by atoms with van der Waals surface area (Å²) in [5, 5.41) is -0.0780. The van der Waals surface area contributed by atoms with Gasteiger partial charge in [-0.3, -0.25) is 0 Å². The lowest BCUT2D eigenvalue weighted by molar-refractivity contribution is 0.388. The van der Waals surface area contributed by atoms with Gasteiger partial charge in [-0.25, -0.2) is 0 Å². The number of methoxy groups -OCH3 is 2. The first-order chi connectivity index (χ1) is 9.74. The van der Waals surface area contributed by atoms with Crippen LogP contribution in [0.3, 0.4) is 0 Å². The molecule has 0 amide bonds. The summed E-state index contributed by atoms with van der Waals surface area (Å²) in [6.07, 6.45) is 1.03. The number of benzene rings is 2. The zero-order valence-electron chi connectivity index (χ0n) is 11.6. The Labute approximate surface area is 124 Å². The summed E-state index contributed by atoms with van der Waals surface area (Å²) in [5.41, 5.74) is 3.77. The summed E-state index contributed by atoms with van der Waals surface area (Å²) >= 11 is 6.69. The molecule has 2 nitrogen and oxygen atoms in total. The number of rotatable bonds is 4. The molecule has 104 valence electrons. The van der Waals surface area contributed by atoms with Crippen LogP contribution in [-0.4, -0.2) is 14.2 Å². The Balaban J connectivity index is 1.90. The van der Waals surface area contributed by atoms with E-state index in [0.717, 1.165) is 23.5 Å². The van der Waals surface area contributed by atoms with E-state index in [-0.39, 0.29) is 5.38 Å².